The van der Waals surface area contributed by atoms with Gasteiger partial charge in [-0.1, -0.05) is 37.2 Å². The van der Waals surface area contributed by atoms with Gasteiger partial charge in [0.25, 0.3) is 5.91 Å². The summed E-state index contributed by atoms with van der Waals surface area (Å²) >= 11 is 6.71. The minimum atomic E-state index is -0.328. The highest BCUT2D eigenvalue weighted by Crippen LogP contribution is 2.34. The standard InChI is InChI=1S/C25H24N2O4S2/c1-4-5-14-30-24(29)19-10-8-18(9-11-19)21-13-12-20(31-21)15-22-23(28)27(25(32)33-22)26-16(2)6-7-17(26)3/h6-13,15H,4-5,14H2,1-3H3/b22-15-. The number of benzene rings is 1. The number of ether oxygens (including phenoxy) is 1. The van der Waals surface area contributed by atoms with Gasteiger partial charge in [0.1, 0.15) is 11.5 Å². The number of hydrogen-bond acceptors (Lipinski definition) is 6. The Hall–Kier alpha value is -3.10. The van der Waals surface area contributed by atoms with Crippen LogP contribution in [0.1, 0.15) is 47.3 Å². The number of rotatable bonds is 7. The van der Waals surface area contributed by atoms with E-state index in [4.69, 9.17) is 21.4 Å². The fourth-order valence-corrected chi connectivity index (χ4v) is 4.71. The number of aromatic nitrogens is 1. The molecule has 0 aliphatic carbocycles. The molecule has 1 aliphatic rings. The molecular formula is C25H24N2O4S2. The molecular weight excluding hydrogens is 456 g/mol. The van der Waals surface area contributed by atoms with Crippen LogP contribution in [0.3, 0.4) is 0 Å². The van der Waals surface area contributed by atoms with Gasteiger partial charge in [0.15, 0.2) is 4.32 Å². The zero-order valence-corrected chi connectivity index (χ0v) is 20.3. The second kappa shape index (κ2) is 9.80. The Labute approximate surface area is 202 Å². The van der Waals surface area contributed by atoms with Gasteiger partial charge in [0, 0.05) is 23.0 Å². The van der Waals surface area contributed by atoms with Crippen LogP contribution < -0.4 is 5.01 Å². The molecule has 4 rings (SSSR count). The summed E-state index contributed by atoms with van der Waals surface area (Å²) in [6.07, 6.45) is 3.53. The Morgan fingerprint density at radius 3 is 2.45 bits per heavy atom. The molecule has 0 unspecified atom stereocenters. The maximum atomic E-state index is 13.0. The number of thioether (sulfide) groups is 1. The van der Waals surface area contributed by atoms with Crippen LogP contribution in [0.4, 0.5) is 0 Å². The first-order chi connectivity index (χ1) is 15.9. The number of aryl methyl sites for hydroxylation is 2. The zero-order chi connectivity index (χ0) is 23.5. The number of hydrogen-bond donors (Lipinski definition) is 0. The summed E-state index contributed by atoms with van der Waals surface area (Å²) in [5, 5.41) is 1.51. The average molecular weight is 481 g/mol. The molecule has 170 valence electrons. The number of nitrogens with zero attached hydrogens (tertiary/aromatic N) is 2. The van der Waals surface area contributed by atoms with Gasteiger partial charge in [-0.3, -0.25) is 9.47 Å². The summed E-state index contributed by atoms with van der Waals surface area (Å²) in [6.45, 7) is 6.34. The van der Waals surface area contributed by atoms with E-state index < -0.39 is 0 Å². The first kappa shape index (κ1) is 23.1. The van der Waals surface area contributed by atoms with Crippen molar-refractivity contribution in [1.82, 2.24) is 4.68 Å². The predicted octanol–water partition coefficient (Wildman–Crippen LogP) is 5.86. The van der Waals surface area contributed by atoms with Gasteiger partial charge < -0.3 is 9.15 Å². The normalized spacial score (nSPS) is 15.0. The van der Waals surface area contributed by atoms with Crippen molar-refractivity contribution in [2.24, 2.45) is 0 Å². The Morgan fingerprint density at radius 2 is 1.79 bits per heavy atom. The van der Waals surface area contributed by atoms with Crippen molar-refractivity contribution in [2.75, 3.05) is 11.6 Å². The van der Waals surface area contributed by atoms with Gasteiger partial charge in [0.05, 0.1) is 17.1 Å². The summed E-state index contributed by atoms with van der Waals surface area (Å²) in [5.41, 5.74) is 3.19. The highest BCUT2D eigenvalue weighted by molar-refractivity contribution is 8.27. The average Bonchev–Trinajstić information content (AvgIpc) is 3.47. The predicted molar refractivity (Wildman–Crippen MR) is 135 cm³/mol. The van der Waals surface area contributed by atoms with E-state index in [-0.39, 0.29) is 11.9 Å². The topological polar surface area (TPSA) is 64.7 Å². The van der Waals surface area contributed by atoms with Crippen LogP contribution >= 0.6 is 24.0 Å². The Morgan fingerprint density at radius 1 is 1.09 bits per heavy atom. The van der Waals surface area contributed by atoms with Crippen molar-refractivity contribution in [3.05, 3.63) is 76.1 Å². The smallest absolute Gasteiger partial charge is 0.338 e. The van der Waals surface area contributed by atoms with Crippen LogP contribution in [-0.2, 0) is 9.53 Å². The van der Waals surface area contributed by atoms with Crippen molar-refractivity contribution in [3.63, 3.8) is 0 Å². The Balaban J connectivity index is 1.49. The molecule has 1 aliphatic heterocycles. The summed E-state index contributed by atoms with van der Waals surface area (Å²) in [5.74, 6) is 0.677. The van der Waals surface area contributed by atoms with E-state index in [1.54, 1.807) is 24.3 Å². The lowest BCUT2D eigenvalue weighted by molar-refractivity contribution is -0.114. The molecule has 0 atom stereocenters. The molecule has 3 aromatic rings. The van der Waals surface area contributed by atoms with Gasteiger partial charge >= 0.3 is 5.97 Å². The van der Waals surface area contributed by atoms with Gasteiger partial charge in [-0.15, -0.1) is 0 Å². The van der Waals surface area contributed by atoms with Crippen molar-refractivity contribution in [1.29, 1.82) is 0 Å². The first-order valence-electron chi connectivity index (χ1n) is 10.7. The highest BCUT2D eigenvalue weighted by Gasteiger charge is 2.35. The fourth-order valence-electron chi connectivity index (χ4n) is 3.49. The Bertz CT molecular complexity index is 1220. The quantitative estimate of drug-likeness (QED) is 0.183. The molecule has 33 heavy (non-hydrogen) atoms. The summed E-state index contributed by atoms with van der Waals surface area (Å²) < 4.78 is 13.5. The van der Waals surface area contributed by atoms with Gasteiger partial charge in [-0.05, 0) is 68.9 Å². The second-order valence-electron chi connectivity index (χ2n) is 7.69. The third kappa shape index (κ3) is 4.82. The number of carbonyl (C=O) groups excluding carboxylic acids is 2. The van der Waals surface area contributed by atoms with Crippen molar-refractivity contribution in [2.45, 2.75) is 33.6 Å². The van der Waals surface area contributed by atoms with Crippen LogP contribution in [0.15, 0.2) is 57.9 Å². The third-order valence-electron chi connectivity index (χ3n) is 5.24. The molecule has 0 spiro atoms. The van der Waals surface area contributed by atoms with Crippen LogP contribution in [0.25, 0.3) is 17.4 Å². The van der Waals surface area contributed by atoms with E-state index in [1.807, 2.05) is 55.8 Å². The first-order valence-corrected chi connectivity index (χ1v) is 11.9. The van der Waals surface area contributed by atoms with Gasteiger partial charge in [-0.2, -0.15) is 5.01 Å². The second-order valence-corrected chi connectivity index (χ2v) is 9.37. The molecule has 0 radical (unpaired) electrons. The molecule has 8 heteroatoms. The molecule has 2 aromatic heterocycles. The fraction of sp³-hybridized carbons (Fsp3) is 0.240. The monoisotopic (exact) mass is 480 g/mol. The van der Waals surface area contributed by atoms with Crippen LogP contribution in [0.2, 0.25) is 0 Å². The van der Waals surface area contributed by atoms with E-state index in [1.165, 1.54) is 16.8 Å². The largest absolute Gasteiger partial charge is 0.462 e. The van der Waals surface area contributed by atoms with Crippen LogP contribution in [-0.4, -0.2) is 27.5 Å². The third-order valence-corrected chi connectivity index (χ3v) is 6.53. The number of unbranched alkanes of at least 4 members (excludes halogenated alkanes) is 1. The van der Waals surface area contributed by atoms with Crippen LogP contribution in [0.5, 0.6) is 0 Å². The molecule has 1 saturated heterocycles. The van der Waals surface area contributed by atoms with E-state index in [2.05, 4.69) is 0 Å². The molecule has 1 amide bonds. The lowest BCUT2D eigenvalue weighted by atomic mass is 10.1. The van der Waals surface area contributed by atoms with Crippen molar-refractivity contribution in [3.8, 4) is 11.3 Å². The SMILES string of the molecule is CCCCOC(=O)c1ccc(-c2ccc(/C=C3\SC(=S)N(n4c(C)ccc4C)C3=O)o2)cc1. The zero-order valence-electron chi connectivity index (χ0n) is 18.7. The van der Waals surface area contributed by atoms with E-state index in [0.29, 0.717) is 32.9 Å². The summed E-state index contributed by atoms with van der Waals surface area (Å²) in [7, 11) is 0. The number of amides is 1. The molecule has 3 heterocycles. The molecule has 0 bridgehead atoms. The van der Waals surface area contributed by atoms with Crippen molar-refractivity contribution < 1.29 is 18.7 Å². The summed E-state index contributed by atoms with van der Waals surface area (Å²) in [6, 6.07) is 14.6. The molecule has 1 fully saturated rings. The number of furan rings is 1. The van der Waals surface area contributed by atoms with Crippen LogP contribution in [0, 0.1) is 13.8 Å². The lowest BCUT2D eigenvalue weighted by Crippen LogP contribution is -2.39. The number of esters is 1. The van der Waals surface area contributed by atoms with E-state index in [9.17, 15) is 9.59 Å². The summed E-state index contributed by atoms with van der Waals surface area (Å²) in [4.78, 5) is 25.6. The minimum absolute atomic E-state index is 0.184. The number of thiocarbonyl (C=S) groups is 1. The molecule has 0 saturated carbocycles. The Kier molecular flexibility index (Phi) is 6.85. The molecule has 0 N–H and O–H groups in total. The number of carbonyl (C=O) groups is 2. The maximum absolute atomic E-state index is 13.0. The minimum Gasteiger partial charge on any atom is -0.462 e. The highest BCUT2D eigenvalue weighted by atomic mass is 32.2. The lowest BCUT2D eigenvalue weighted by Gasteiger charge is -2.20. The van der Waals surface area contributed by atoms with Gasteiger partial charge in [-0.25, -0.2) is 4.79 Å². The van der Waals surface area contributed by atoms with Gasteiger partial charge in [0.2, 0.25) is 0 Å². The molecule has 6 nitrogen and oxygen atoms in total. The maximum Gasteiger partial charge on any atom is 0.338 e. The van der Waals surface area contributed by atoms with E-state index in [0.717, 1.165) is 29.8 Å². The van der Waals surface area contributed by atoms with E-state index >= 15 is 0 Å². The molecule has 1 aromatic carbocycles. The van der Waals surface area contributed by atoms with Crippen molar-refractivity contribution >= 4 is 46.3 Å².